The van der Waals surface area contributed by atoms with Crippen molar-refractivity contribution < 1.29 is 0 Å². The fourth-order valence-electron chi connectivity index (χ4n) is 0.749. The van der Waals surface area contributed by atoms with Crippen LogP contribution in [0.4, 0.5) is 5.69 Å². The van der Waals surface area contributed by atoms with E-state index in [4.69, 9.17) is 7.85 Å². The van der Waals surface area contributed by atoms with E-state index in [2.05, 4.69) is 22.2 Å². The Labute approximate surface area is 71.3 Å². The Morgan fingerprint density at radius 2 is 2.18 bits per heavy atom. The molecule has 0 aliphatic rings. The van der Waals surface area contributed by atoms with Gasteiger partial charge in [-0.2, -0.15) is 0 Å². The van der Waals surface area contributed by atoms with Gasteiger partial charge in [-0.05, 0) is 6.07 Å². The highest BCUT2D eigenvalue weighted by atomic mass is 32.2. The average Bonchev–Trinajstić information content (AvgIpc) is 1.85. The summed E-state index contributed by atoms with van der Waals surface area (Å²) < 4.78 is 3.23. The molecular formula is C7H10BN2S+. The molecule has 1 aromatic rings. The quantitative estimate of drug-likeness (QED) is 0.495. The lowest BCUT2D eigenvalue weighted by Gasteiger charge is -2.00. The summed E-state index contributed by atoms with van der Waals surface area (Å²) in [7, 11) is 5.53. The molecule has 1 heterocycles. The van der Waals surface area contributed by atoms with E-state index in [-0.39, 0.29) is 11.1 Å². The lowest BCUT2D eigenvalue weighted by Crippen LogP contribution is -2.11. The number of rotatable bonds is 2. The van der Waals surface area contributed by atoms with Crippen LogP contribution >= 0.6 is 0 Å². The number of nitrogens with zero attached hydrogens (tertiary/aromatic N) is 1. The molecule has 11 heavy (non-hydrogen) atoms. The van der Waals surface area contributed by atoms with Gasteiger partial charge in [0.05, 0.1) is 23.0 Å². The van der Waals surface area contributed by atoms with Gasteiger partial charge < -0.3 is 0 Å². The number of nitrogens with one attached hydrogen (secondary N) is 1. The third kappa shape index (κ3) is 2.84. The van der Waals surface area contributed by atoms with Gasteiger partial charge in [0.1, 0.15) is 20.4 Å². The zero-order chi connectivity index (χ0) is 8.27. The molecule has 1 rings (SSSR count). The summed E-state index contributed by atoms with van der Waals surface area (Å²) in [4.78, 5) is 3.95. The molecule has 0 aliphatic heterocycles. The van der Waals surface area contributed by atoms with Crippen LogP contribution in [0.15, 0.2) is 18.5 Å². The van der Waals surface area contributed by atoms with E-state index in [0.29, 0.717) is 5.46 Å². The zero-order valence-corrected chi connectivity index (χ0v) is 7.48. The molecule has 2 radical (unpaired) electrons. The minimum absolute atomic E-state index is 0.180. The Morgan fingerprint density at radius 1 is 1.45 bits per heavy atom. The Hall–Kier alpha value is -0.635. The van der Waals surface area contributed by atoms with Crippen molar-refractivity contribution in [2.75, 3.05) is 17.2 Å². The Kier molecular flexibility index (Phi) is 2.82. The standard InChI is InChI=1S/C7H10BN2S/c1-11(2)10-7-3-6(8)4-9-5-7/h3-5,10H,1-2H3/q+1. The second-order valence-corrected chi connectivity index (χ2v) is 4.26. The Balaban J connectivity index is 2.71. The first-order valence-electron chi connectivity index (χ1n) is 3.23. The van der Waals surface area contributed by atoms with Gasteiger partial charge in [-0.15, -0.1) is 0 Å². The van der Waals surface area contributed by atoms with Crippen molar-refractivity contribution >= 4 is 30.1 Å². The molecule has 0 saturated heterocycles. The van der Waals surface area contributed by atoms with Crippen LogP contribution in [0.2, 0.25) is 0 Å². The summed E-state index contributed by atoms with van der Waals surface area (Å²) in [6, 6.07) is 1.88. The molecule has 1 N–H and O–H groups in total. The molecule has 0 amide bonds. The third-order valence-electron chi connectivity index (χ3n) is 1.08. The molecule has 0 spiro atoms. The van der Waals surface area contributed by atoms with E-state index < -0.39 is 0 Å². The summed E-state index contributed by atoms with van der Waals surface area (Å²) in [6.07, 6.45) is 7.60. The summed E-state index contributed by atoms with van der Waals surface area (Å²) in [5.41, 5.74) is 1.68. The first kappa shape index (κ1) is 8.46. The minimum Gasteiger partial charge on any atom is -0.263 e. The Bertz CT molecular complexity index is 240. The molecule has 0 bridgehead atoms. The molecule has 2 nitrogen and oxygen atoms in total. The smallest absolute Gasteiger partial charge is 0.122 e. The van der Waals surface area contributed by atoms with Crippen LogP contribution < -0.4 is 10.2 Å². The molecule has 0 fully saturated rings. The molecule has 4 heteroatoms. The Morgan fingerprint density at radius 3 is 2.73 bits per heavy atom. The molecule has 0 saturated carbocycles. The molecule has 56 valence electrons. The molecule has 0 aliphatic carbocycles. The van der Waals surface area contributed by atoms with Crippen molar-refractivity contribution in [1.29, 1.82) is 0 Å². The number of hydrogen-bond donors (Lipinski definition) is 1. The van der Waals surface area contributed by atoms with Gasteiger partial charge in [0.2, 0.25) is 0 Å². The highest BCUT2D eigenvalue weighted by Gasteiger charge is 2.01. The van der Waals surface area contributed by atoms with Gasteiger partial charge in [0.15, 0.2) is 0 Å². The van der Waals surface area contributed by atoms with E-state index in [1.54, 1.807) is 12.4 Å². The van der Waals surface area contributed by atoms with Crippen molar-refractivity contribution in [3.8, 4) is 0 Å². The van der Waals surface area contributed by atoms with Crippen LogP contribution in [0.3, 0.4) is 0 Å². The first-order chi connectivity index (χ1) is 5.18. The topological polar surface area (TPSA) is 24.9 Å². The fourth-order valence-corrected chi connectivity index (χ4v) is 1.33. The number of hydrogen-bond acceptors (Lipinski definition) is 2. The van der Waals surface area contributed by atoms with E-state index in [9.17, 15) is 0 Å². The van der Waals surface area contributed by atoms with E-state index in [1.807, 2.05) is 6.07 Å². The summed E-state index contributed by atoms with van der Waals surface area (Å²) in [5, 5.41) is 0. The maximum atomic E-state index is 5.53. The second kappa shape index (κ2) is 3.67. The van der Waals surface area contributed by atoms with E-state index >= 15 is 0 Å². The lowest BCUT2D eigenvalue weighted by atomic mass is 9.99. The van der Waals surface area contributed by atoms with Gasteiger partial charge in [-0.1, -0.05) is 5.46 Å². The van der Waals surface area contributed by atoms with Crippen molar-refractivity contribution in [2.45, 2.75) is 0 Å². The van der Waals surface area contributed by atoms with Crippen LogP contribution in [0.5, 0.6) is 0 Å². The fraction of sp³-hybridized carbons (Fsp3) is 0.286. The van der Waals surface area contributed by atoms with Gasteiger partial charge in [0.25, 0.3) is 0 Å². The predicted octanol–water partition coefficient (Wildman–Crippen LogP) is 0.0802. The largest absolute Gasteiger partial charge is 0.263 e. The maximum absolute atomic E-state index is 5.53. The van der Waals surface area contributed by atoms with E-state index in [0.717, 1.165) is 5.69 Å². The maximum Gasteiger partial charge on any atom is 0.122 e. The van der Waals surface area contributed by atoms with Crippen LogP contribution in [0.25, 0.3) is 0 Å². The molecule has 0 aromatic carbocycles. The second-order valence-electron chi connectivity index (χ2n) is 2.43. The average molecular weight is 165 g/mol. The summed E-state index contributed by atoms with van der Waals surface area (Å²) in [6.45, 7) is 0. The number of pyridine rings is 1. The summed E-state index contributed by atoms with van der Waals surface area (Å²) in [5.74, 6) is 0. The molecule has 0 unspecified atom stereocenters. The highest BCUT2D eigenvalue weighted by Crippen LogP contribution is 2.02. The van der Waals surface area contributed by atoms with Gasteiger partial charge >= 0.3 is 0 Å². The first-order valence-corrected chi connectivity index (χ1v) is 5.27. The van der Waals surface area contributed by atoms with Crippen LogP contribution in [0, 0.1) is 0 Å². The van der Waals surface area contributed by atoms with Gasteiger partial charge in [-0.25, -0.2) is 4.72 Å². The van der Waals surface area contributed by atoms with Crippen molar-refractivity contribution in [3.63, 3.8) is 0 Å². The normalized spacial score (nSPS) is 10.1. The predicted molar refractivity (Wildman–Crippen MR) is 52.5 cm³/mol. The van der Waals surface area contributed by atoms with Gasteiger partial charge in [0, 0.05) is 6.20 Å². The lowest BCUT2D eigenvalue weighted by molar-refractivity contribution is 1.35. The zero-order valence-electron chi connectivity index (χ0n) is 6.66. The number of aromatic nitrogens is 1. The van der Waals surface area contributed by atoms with Crippen LogP contribution in [-0.2, 0) is 11.1 Å². The minimum atomic E-state index is 0.180. The third-order valence-corrected chi connectivity index (χ3v) is 1.73. The van der Waals surface area contributed by atoms with Crippen molar-refractivity contribution in [2.24, 2.45) is 0 Å². The van der Waals surface area contributed by atoms with Crippen LogP contribution in [0.1, 0.15) is 0 Å². The monoisotopic (exact) mass is 165 g/mol. The molecule has 1 aromatic heterocycles. The van der Waals surface area contributed by atoms with Gasteiger partial charge in [-0.3, -0.25) is 4.98 Å². The molecular weight excluding hydrogens is 155 g/mol. The summed E-state index contributed by atoms with van der Waals surface area (Å²) >= 11 is 0.180. The van der Waals surface area contributed by atoms with Crippen molar-refractivity contribution in [1.82, 2.24) is 4.98 Å². The van der Waals surface area contributed by atoms with E-state index in [1.165, 1.54) is 0 Å². The molecule has 0 atom stereocenters. The highest BCUT2D eigenvalue weighted by molar-refractivity contribution is 7.96. The van der Waals surface area contributed by atoms with Crippen LogP contribution in [-0.4, -0.2) is 25.3 Å². The SMILES string of the molecule is [B]c1cncc(N[S+](C)C)c1. The van der Waals surface area contributed by atoms with Crippen molar-refractivity contribution in [3.05, 3.63) is 18.5 Å². The number of anilines is 1.